The van der Waals surface area contributed by atoms with Crippen LogP contribution in [0.4, 0.5) is 5.69 Å². The van der Waals surface area contributed by atoms with E-state index in [0.717, 1.165) is 28.1 Å². The van der Waals surface area contributed by atoms with Gasteiger partial charge in [0.15, 0.2) is 5.78 Å². The summed E-state index contributed by atoms with van der Waals surface area (Å²) in [4.78, 5) is 15.5. The van der Waals surface area contributed by atoms with Crippen molar-refractivity contribution in [2.45, 2.75) is 51.9 Å². The summed E-state index contributed by atoms with van der Waals surface area (Å²) in [6.07, 6.45) is 3.11. The first kappa shape index (κ1) is 24.9. The zero-order valence-electron chi connectivity index (χ0n) is 20.7. The van der Waals surface area contributed by atoms with Crippen molar-refractivity contribution in [1.82, 2.24) is 4.31 Å². The van der Waals surface area contributed by atoms with E-state index < -0.39 is 10.0 Å². The number of hydrogen-bond acceptors (Lipinski definition) is 4. The van der Waals surface area contributed by atoms with Gasteiger partial charge in [0.1, 0.15) is 0 Å². The third-order valence-corrected chi connectivity index (χ3v) is 8.88. The van der Waals surface area contributed by atoms with Crippen LogP contribution in [0.5, 0.6) is 0 Å². The van der Waals surface area contributed by atoms with Gasteiger partial charge >= 0.3 is 0 Å². The fourth-order valence-electron chi connectivity index (χ4n) is 4.72. The third kappa shape index (κ3) is 4.30. The molecule has 2 aromatic rings. The Balaban J connectivity index is 1.99. The second-order valence-electron chi connectivity index (χ2n) is 9.37. The van der Waals surface area contributed by atoms with Crippen LogP contribution >= 0.6 is 0 Å². The molecule has 33 heavy (non-hydrogen) atoms. The van der Waals surface area contributed by atoms with Gasteiger partial charge < -0.3 is 4.90 Å². The van der Waals surface area contributed by atoms with E-state index in [2.05, 4.69) is 26.5 Å². The molecule has 0 aliphatic carbocycles. The number of allylic oxidation sites excluding steroid dienone is 1. The van der Waals surface area contributed by atoms with Crippen molar-refractivity contribution >= 4 is 21.5 Å². The Morgan fingerprint density at radius 3 is 2.21 bits per heavy atom. The number of rotatable bonds is 7. The average molecular weight is 467 g/mol. The number of sulfonamides is 1. The largest absolute Gasteiger partial charge is 0.347 e. The normalized spacial score (nSPS) is 16.4. The van der Waals surface area contributed by atoms with Crippen molar-refractivity contribution in [2.24, 2.45) is 0 Å². The number of carbonyl (C=O) groups excluding carboxylic acids is 1. The van der Waals surface area contributed by atoms with Crippen molar-refractivity contribution in [2.75, 3.05) is 25.0 Å². The zero-order chi connectivity index (χ0) is 24.7. The minimum Gasteiger partial charge on any atom is -0.347 e. The summed E-state index contributed by atoms with van der Waals surface area (Å²) in [5, 5.41) is 0. The van der Waals surface area contributed by atoms with Gasteiger partial charge in [0.05, 0.1) is 11.4 Å². The molecule has 0 N–H and O–H groups in total. The Morgan fingerprint density at radius 1 is 1.09 bits per heavy atom. The lowest BCUT2D eigenvalue weighted by Crippen LogP contribution is -2.37. The van der Waals surface area contributed by atoms with Crippen LogP contribution in [0.15, 0.2) is 59.7 Å². The average Bonchev–Trinajstić information content (AvgIpc) is 2.93. The number of carbonyl (C=O) groups is 1. The number of ketones is 1. The molecule has 6 heteroatoms. The van der Waals surface area contributed by atoms with Gasteiger partial charge in [-0.3, -0.25) is 4.79 Å². The number of para-hydroxylation sites is 1. The lowest BCUT2D eigenvalue weighted by molar-refractivity contribution is -0.114. The SMILES string of the molecule is C=CCN(CC(=O)/C=C1/N(C)c2ccccc2C1(C)C)S(=O)(=O)c1c(C)c(C)cc(C)c1C. The lowest BCUT2D eigenvalue weighted by atomic mass is 9.83. The van der Waals surface area contributed by atoms with Crippen molar-refractivity contribution in [3.63, 3.8) is 0 Å². The third-order valence-electron chi connectivity index (χ3n) is 6.80. The van der Waals surface area contributed by atoms with Crippen molar-refractivity contribution < 1.29 is 13.2 Å². The molecule has 176 valence electrons. The highest BCUT2D eigenvalue weighted by atomic mass is 32.2. The maximum Gasteiger partial charge on any atom is 0.244 e. The van der Waals surface area contributed by atoms with E-state index in [1.807, 2.05) is 63.9 Å². The van der Waals surface area contributed by atoms with E-state index in [1.165, 1.54) is 10.4 Å². The van der Waals surface area contributed by atoms with Crippen molar-refractivity contribution in [1.29, 1.82) is 0 Å². The molecule has 0 saturated carbocycles. The van der Waals surface area contributed by atoms with Gasteiger partial charge in [-0.25, -0.2) is 8.42 Å². The van der Waals surface area contributed by atoms with Gasteiger partial charge in [0, 0.05) is 36.5 Å². The number of anilines is 1. The first-order chi connectivity index (χ1) is 15.3. The topological polar surface area (TPSA) is 57.7 Å². The molecule has 1 aliphatic rings. The molecule has 3 rings (SSSR count). The minimum absolute atomic E-state index is 0.0581. The summed E-state index contributed by atoms with van der Waals surface area (Å²) in [6.45, 7) is 15.1. The standard InChI is InChI=1S/C27H34N2O3S/c1-9-14-29(33(31,32)26-20(4)18(2)15-19(3)21(26)5)17-22(30)16-25-27(6,7)23-12-10-11-13-24(23)28(25)8/h9-13,15-16H,1,14,17H2,2-8H3/b25-16+. The van der Waals surface area contributed by atoms with E-state index in [0.29, 0.717) is 11.1 Å². The summed E-state index contributed by atoms with van der Waals surface area (Å²) in [7, 11) is -1.96. The highest BCUT2D eigenvalue weighted by Gasteiger charge is 2.39. The summed E-state index contributed by atoms with van der Waals surface area (Å²) in [5.74, 6) is -0.261. The Morgan fingerprint density at radius 2 is 1.67 bits per heavy atom. The lowest BCUT2D eigenvalue weighted by Gasteiger charge is -2.26. The number of likely N-dealkylation sites (N-methyl/N-ethyl adjacent to an activating group) is 1. The minimum atomic E-state index is -3.90. The number of aryl methyl sites for hydroxylation is 2. The number of nitrogens with zero attached hydrogens (tertiary/aromatic N) is 2. The molecule has 0 aromatic heterocycles. The maximum absolute atomic E-state index is 13.7. The zero-order valence-corrected chi connectivity index (χ0v) is 21.5. The quantitative estimate of drug-likeness (QED) is 0.427. The van der Waals surface area contributed by atoms with Crippen LogP contribution in [-0.2, 0) is 20.2 Å². The van der Waals surface area contributed by atoms with Crippen LogP contribution in [0.3, 0.4) is 0 Å². The Hall–Kier alpha value is -2.70. The molecule has 0 atom stereocenters. The molecule has 0 bridgehead atoms. The van der Waals surface area contributed by atoms with Crippen molar-refractivity contribution in [3.05, 3.63) is 82.6 Å². The highest BCUT2D eigenvalue weighted by Crippen LogP contribution is 2.46. The monoisotopic (exact) mass is 466 g/mol. The molecule has 2 aromatic carbocycles. The van der Waals surface area contributed by atoms with Crippen LogP contribution in [0.25, 0.3) is 0 Å². The van der Waals surface area contributed by atoms with Gasteiger partial charge in [0.25, 0.3) is 0 Å². The van der Waals surface area contributed by atoms with E-state index >= 15 is 0 Å². The molecule has 0 spiro atoms. The highest BCUT2D eigenvalue weighted by molar-refractivity contribution is 7.89. The maximum atomic E-state index is 13.7. The Labute approximate surface area is 198 Å². The summed E-state index contributed by atoms with van der Waals surface area (Å²) in [5.41, 5.74) is 5.94. The van der Waals surface area contributed by atoms with Crippen molar-refractivity contribution in [3.8, 4) is 0 Å². The predicted molar refractivity (Wildman–Crippen MR) is 135 cm³/mol. The second-order valence-corrected chi connectivity index (χ2v) is 11.2. The molecular weight excluding hydrogens is 432 g/mol. The summed E-state index contributed by atoms with van der Waals surface area (Å²) in [6, 6.07) is 10.1. The summed E-state index contributed by atoms with van der Waals surface area (Å²) < 4.78 is 28.6. The van der Waals surface area contributed by atoms with E-state index in [-0.39, 0.29) is 29.2 Å². The molecule has 0 unspecified atom stereocenters. The van der Waals surface area contributed by atoms with Gasteiger partial charge in [-0.15, -0.1) is 6.58 Å². The predicted octanol–water partition coefficient (Wildman–Crippen LogP) is 4.98. The smallest absolute Gasteiger partial charge is 0.244 e. The van der Waals surface area contributed by atoms with Gasteiger partial charge in [-0.05, 0) is 61.6 Å². The van der Waals surface area contributed by atoms with E-state index in [9.17, 15) is 13.2 Å². The number of fused-ring (bicyclic) bond motifs is 1. The summed E-state index contributed by atoms with van der Waals surface area (Å²) >= 11 is 0. The van der Waals surface area contributed by atoms with Crippen LogP contribution in [0, 0.1) is 27.7 Å². The first-order valence-electron chi connectivity index (χ1n) is 11.1. The van der Waals surface area contributed by atoms with Crippen LogP contribution in [0.2, 0.25) is 0 Å². The van der Waals surface area contributed by atoms with E-state index in [1.54, 1.807) is 6.08 Å². The molecular formula is C27H34N2O3S. The molecule has 0 saturated heterocycles. The fraction of sp³-hybridized carbons (Fsp3) is 0.370. The number of hydrogen-bond donors (Lipinski definition) is 0. The Kier molecular flexibility index (Phi) is 6.74. The van der Waals surface area contributed by atoms with Crippen LogP contribution < -0.4 is 4.90 Å². The van der Waals surface area contributed by atoms with Crippen LogP contribution in [-0.4, -0.2) is 38.6 Å². The Bertz CT molecular complexity index is 1230. The molecule has 0 fully saturated rings. The molecule has 0 radical (unpaired) electrons. The first-order valence-corrected chi connectivity index (χ1v) is 12.5. The van der Waals surface area contributed by atoms with Crippen LogP contribution in [0.1, 0.15) is 41.7 Å². The molecule has 1 heterocycles. The molecule has 5 nitrogen and oxygen atoms in total. The second kappa shape index (κ2) is 8.92. The van der Waals surface area contributed by atoms with Gasteiger partial charge in [-0.1, -0.05) is 44.2 Å². The fourth-order valence-corrected chi connectivity index (χ4v) is 6.67. The van der Waals surface area contributed by atoms with E-state index in [4.69, 9.17) is 0 Å². The number of benzene rings is 2. The van der Waals surface area contributed by atoms with Gasteiger partial charge in [0.2, 0.25) is 10.0 Å². The molecule has 0 amide bonds. The van der Waals surface area contributed by atoms with Gasteiger partial charge in [-0.2, -0.15) is 4.31 Å². The molecule has 1 aliphatic heterocycles.